The Balaban J connectivity index is 2.29. The van der Waals surface area contributed by atoms with E-state index in [1.54, 1.807) is 0 Å². The Bertz CT molecular complexity index is 90.7. The molecule has 0 aromatic heterocycles. The van der Waals surface area contributed by atoms with Crippen molar-refractivity contribution in [1.29, 1.82) is 0 Å². The smallest absolute Gasteiger partial charge is 0.133 e. The minimum absolute atomic E-state index is 0.0488. The van der Waals surface area contributed by atoms with E-state index in [-0.39, 0.29) is 6.04 Å². The number of nitrogens with one attached hydrogen (secondary N) is 1. The van der Waals surface area contributed by atoms with E-state index in [9.17, 15) is 4.79 Å². The quantitative estimate of drug-likeness (QED) is 0.456. The fourth-order valence-electron chi connectivity index (χ4n) is 0.940. The largest absolute Gasteiger partial charge is 0.300 e. The van der Waals surface area contributed by atoms with E-state index < -0.39 is 0 Å². The van der Waals surface area contributed by atoms with Gasteiger partial charge < -0.3 is 0 Å². The number of carbonyl (C=O) groups is 1. The van der Waals surface area contributed by atoms with Crippen LogP contribution in [0.4, 0.5) is 0 Å². The van der Waals surface area contributed by atoms with Gasteiger partial charge in [-0.1, -0.05) is 0 Å². The molecular weight excluding hydrogens is 102 g/mol. The van der Waals surface area contributed by atoms with E-state index in [0.717, 1.165) is 12.8 Å². The normalized spacial score (nSPS) is 23.9. The van der Waals surface area contributed by atoms with Crippen LogP contribution >= 0.6 is 0 Å². The third-order valence-corrected chi connectivity index (χ3v) is 1.54. The van der Waals surface area contributed by atoms with Crippen LogP contribution in [0.3, 0.4) is 0 Å². The lowest BCUT2D eigenvalue weighted by Crippen LogP contribution is -2.18. The fraction of sp³-hybridized carbons (Fsp3) is 0.833. The lowest BCUT2D eigenvalue weighted by atomic mass is 9.95. The lowest BCUT2D eigenvalue weighted by Gasteiger charge is -2.13. The molecule has 0 atom stereocenters. The number of carbonyl (C=O) groups excluding carboxylic acids is 1. The van der Waals surface area contributed by atoms with Crippen molar-refractivity contribution in [2.24, 2.45) is 0 Å². The molecule has 0 aromatic rings. The summed E-state index contributed by atoms with van der Waals surface area (Å²) in [5.41, 5.74) is 7.21. The average Bonchev–Trinajstić information content (AvgIpc) is 1.77. The van der Waals surface area contributed by atoms with E-state index in [0.29, 0.717) is 18.6 Å². The average molecular weight is 112 g/mol. The predicted molar refractivity (Wildman–Crippen MR) is 30.4 cm³/mol. The summed E-state index contributed by atoms with van der Waals surface area (Å²) in [7, 11) is 0. The van der Waals surface area contributed by atoms with Crippen LogP contribution in [-0.2, 0) is 4.79 Å². The minimum Gasteiger partial charge on any atom is -0.300 e. The molecular formula is C6H10NO. The van der Waals surface area contributed by atoms with Crippen molar-refractivity contribution >= 4 is 5.78 Å². The van der Waals surface area contributed by atoms with Crippen LogP contribution < -0.4 is 5.73 Å². The first-order chi connectivity index (χ1) is 3.79. The summed E-state index contributed by atoms with van der Waals surface area (Å²) in [4.78, 5) is 10.5. The van der Waals surface area contributed by atoms with Gasteiger partial charge in [-0.2, -0.15) is 0 Å². The molecule has 0 aromatic carbocycles. The number of Topliss-reactive ketones (excluding diaryl/α,β-unsaturated/α-hetero) is 1. The second-order valence-corrected chi connectivity index (χ2v) is 2.31. The third kappa shape index (κ3) is 1.30. The Hall–Kier alpha value is -0.370. The van der Waals surface area contributed by atoms with Gasteiger partial charge in [-0.05, 0) is 12.8 Å². The van der Waals surface area contributed by atoms with Crippen molar-refractivity contribution in [3.8, 4) is 0 Å². The monoisotopic (exact) mass is 112 g/mol. The molecule has 0 bridgehead atoms. The van der Waals surface area contributed by atoms with E-state index in [1.807, 2.05) is 0 Å². The highest BCUT2D eigenvalue weighted by molar-refractivity contribution is 5.79. The zero-order chi connectivity index (χ0) is 5.98. The molecule has 1 saturated carbocycles. The van der Waals surface area contributed by atoms with Gasteiger partial charge in [-0.15, -0.1) is 0 Å². The lowest BCUT2D eigenvalue weighted by molar-refractivity contribution is -0.120. The van der Waals surface area contributed by atoms with Crippen molar-refractivity contribution in [2.45, 2.75) is 31.7 Å². The summed E-state index contributed by atoms with van der Waals surface area (Å²) in [5, 5.41) is 0. The molecule has 0 heterocycles. The molecule has 2 heteroatoms. The minimum atomic E-state index is 0.0488. The zero-order valence-corrected chi connectivity index (χ0v) is 4.81. The Labute approximate surface area is 49.1 Å². The maximum absolute atomic E-state index is 10.5. The van der Waals surface area contributed by atoms with E-state index in [2.05, 4.69) is 0 Å². The van der Waals surface area contributed by atoms with Crippen molar-refractivity contribution in [3.05, 3.63) is 0 Å². The van der Waals surface area contributed by atoms with Gasteiger partial charge in [0.2, 0.25) is 0 Å². The Morgan fingerprint density at radius 1 is 1.38 bits per heavy atom. The maximum atomic E-state index is 10.5. The van der Waals surface area contributed by atoms with Crippen LogP contribution in [0.5, 0.6) is 0 Å². The highest BCUT2D eigenvalue weighted by Crippen LogP contribution is 2.12. The highest BCUT2D eigenvalue weighted by Gasteiger charge is 2.14. The van der Waals surface area contributed by atoms with Gasteiger partial charge in [0.1, 0.15) is 5.78 Å². The molecule has 1 fully saturated rings. The van der Waals surface area contributed by atoms with Crippen LogP contribution in [0.1, 0.15) is 25.7 Å². The number of rotatable bonds is 0. The van der Waals surface area contributed by atoms with Crippen molar-refractivity contribution in [1.82, 2.24) is 5.73 Å². The molecule has 0 amide bonds. The fourth-order valence-corrected chi connectivity index (χ4v) is 0.940. The summed E-state index contributed by atoms with van der Waals surface area (Å²) in [6.07, 6.45) is 2.88. The number of ketones is 1. The molecule has 0 unspecified atom stereocenters. The first-order valence-corrected chi connectivity index (χ1v) is 3.02. The summed E-state index contributed by atoms with van der Waals surface area (Å²) < 4.78 is 0. The summed E-state index contributed by atoms with van der Waals surface area (Å²) in [5.74, 6) is 0.341. The van der Waals surface area contributed by atoms with E-state index >= 15 is 0 Å². The predicted octanol–water partition coefficient (Wildman–Crippen LogP) is 0.781. The first kappa shape index (κ1) is 5.76. The molecule has 8 heavy (non-hydrogen) atoms. The van der Waals surface area contributed by atoms with Crippen LogP contribution in [0.2, 0.25) is 0 Å². The summed E-state index contributed by atoms with van der Waals surface area (Å²) >= 11 is 0. The molecule has 0 aliphatic heterocycles. The second-order valence-electron chi connectivity index (χ2n) is 2.31. The Kier molecular flexibility index (Phi) is 1.63. The Morgan fingerprint density at radius 3 is 2.25 bits per heavy atom. The van der Waals surface area contributed by atoms with Crippen LogP contribution in [0.25, 0.3) is 0 Å². The number of hydrogen-bond acceptors (Lipinski definition) is 1. The van der Waals surface area contributed by atoms with Gasteiger partial charge >= 0.3 is 0 Å². The van der Waals surface area contributed by atoms with Gasteiger partial charge in [0.15, 0.2) is 0 Å². The van der Waals surface area contributed by atoms with Gasteiger partial charge in [0.05, 0.1) is 0 Å². The van der Waals surface area contributed by atoms with Crippen LogP contribution in [0, 0.1) is 0 Å². The zero-order valence-electron chi connectivity index (χ0n) is 4.81. The molecule has 0 saturated heterocycles. The molecule has 1 aliphatic rings. The highest BCUT2D eigenvalue weighted by atomic mass is 16.1. The standard InChI is InChI=1S/C6H10NO/c7-5-1-3-6(8)4-2-5/h5,7H,1-4H2. The van der Waals surface area contributed by atoms with Crippen molar-refractivity contribution in [3.63, 3.8) is 0 Å². The van der Waals surface area contributed by atoms with Gasteiger partial charge in [-0.25, -0.2) is 0 Å². The van der Waals surface area contributed by atoms with E-state index in [1.165, 1.54) is 0 Å². The molecule has 45 valence electrons. The molecule has 1 rings (SSSR count). The van der Waals surface area contributed by atoms with Crippen molar-refractivity contribution in [2.75, 3.05) is 0 Å². The van der Waals surface area contributed by atoms with Gasteiger partial charge in [-0.3, -0.25) is 10.5 Å². The number of hydrogen-bond donors (Lipinski definition) is 0. The van der Waals surface area contributed by atoms with E-state index in [4.69, 9.17) is 5.73 Å². The molecule has 2 nitrogen and oxygen atoms in total. The molecule has 1 radical (unpaired) electrons. The SMILES string of the molecule is [NH]C1CCC(=O)CC1. The van der Waals surface area contributed by atoms with Crippen LogP contribution in [0.15, 0.2) is 0 Å². The first-order valence-electron chi connectivity index (χ1n) is 3.02. The Morgan fingerprint density at radius 2 is 1.88 bits per heavy atom. The molecule has 0 spiro atoms. The summed E-state index contributed by atoms with van der Waals surface area (Å²) in [6, 6.07) is 0.0488. The topological polar surface area (TPSA) is 40.9 Å². The third-order valence-electron chi connectivity index (χ3n) is 1.54. The molecule has 1 aliphatic carbocycles. The molecule has 1 N–H and O–H groups in total. The maximum Gasteiger partial charge on any atom is 0.133 e. The van der Waals surface area contributed by atoms with Crippen LogP contribution in [-0.4, -0.2) is 11.8 Å². The summed E-state index contributed by atoms with van der Waals surface area (Å²) in [6.45, 7) is 0. The van der Waals surface area contributed by atoms with Crippen molar-refractivity contribution < 1.29 is 4.79 Å². The van der Waals surface area contributed by atoms with Gasteiger partial charge in [0.25, 0.3) is 0 Å². The second kappa shape index (κ2) is 2.27. The van der Waals surface area contributed by atoms with Gasteiger partial charge in [0, 0.05) is 18.9 Å².